The normalized spacial score (nSPS) is 15.2. The van der Waals surface area contributed by atoms with Gasteiger partial charge in [0.1, 0.15) is 11.9 Å². The van der Waals surface area contributed by atoms with Gasteiger partial charge in [-0.3, -0.25) is 4.79 Å². The highest BCUT2D eigenvalue weighted by atomic mass is 19.1. The van der Waals surface area contributed by atoms with E-state index in [9.17, 15) is 14.3 Å². The number of aliphatic carboxylic acids is 1. The Bertz CT molecular complexity index is 1580. The lowest BCUT2D eigenvalue weighted by atomic mass is 9.85. The van der Waals surface area contributed by atoms with Gasteiger partial charge in [0, 0.05) is 12.1 Å². The lowest BCUT2D eigenvalue weighted by molar-refractivity contribution is -0.146. The minimum Gasteiger partial charge on any atom is -0.490 e. The lowest BCUT2D eigenvalue weighted by Crippen LogP contribution is -2.42. The Kier molecular flexibility index (Phi) is 9.04. The number of aromatic nitrogens is 3. The van der Waals surface area contributed by atoms with Gasteiger partial charge >= 0.3 is 5.97 Å². The summed E-state index contributed by atoms with van der Waals surface area (Å²) >= 11 is 0. The Labute approximate surface area is 250 Å². The van der Waals surface area contributed by atoms with Crippen LogP contribution >= 0.6 is 0 Å². The highest BCUT2D eigenvalue weighted by molar-refractivity contribution is 5.74. The van der Waals surface area contributed by atoms with Crippen LogP contribution < -0.4 is 19.7 Å². The van der Waals surface area contributed by atoms with Gasteiger partial charge in [0.05, 0.1) is 30.5 Å². The number of hydrogen-bond acceptors (Lipinski definition) is 8. The fraction of sp³-hybridized carbons (Fsp3) is 0.333. The lowest BCUT2D eigenvalue weighted by Gasteiger charge is -2.34. The molecule has 5 rings (SSSR count). The van der Waals surface area contributed by atoms with E-state index in [-0.39, 0.29) is 17.9 Å². The van der Waals surface area contributed by atoms with Crippen LogP contribution in [0.5, 0.6) is 11.5 Å². The zero-order chi connectivity index (χ0) is 30.4. The molecule has 224 valence electrons. The second-order valence-corrected chi connectivity index (χ2v) is 11.2. The summed E-state index contributed by atoms with van der Waals surface area (Å²) in [6.07, 6.45) is 3.05. The van der Waals surface area contributed by atoms with Crippen molar-refractivity contribution in [2.75, 3.05) is 29.9 Å². The van der Waals surface area contributed by atoms with Gasteiger partial charge in [-0.2, -0.15) is 4.98 Å². The quantitative estimate of drug-likeness (QED) is 0.203. The summed E-state index contributed by atoms with van der Waals surface area (Å²) in [6.45, 7) is 6.99. The topological polar surface area (TPSA) is 110 Å². The van der Waals surface area contributed by atoms with Crippen molar-refractivity contribution in [2.24, 2.45) is 5.41 Å². The van der Waals surface area contributed by atoms with E-state index in [4.69, 9.17) is 14.5 Å². The molecule has 0 radical (unpaired) electrons. The number of anilines is 3. The summed E-state index contributed by atoms with van der Waals surface area (Å²) < 4.78 is 27.0. The predicted molar refractivity (Wildman–Crippen MR) is 164 cm³/mol. The number of carbonyl (C=O) groups is 1. The number of carboxylic acid groups (broad SMARTS) is 1. The summed E-state index contributed by atoms with van der Waals surface area (Å²) in [4.78, 5) is 26.9. The first kappa shape index (κ1) is 29.8. The molecule has 0 saturated carbocycles. The first-order valence-electron chi connectivity index (χ1n) is 14.4. The molecule has 43 heavy (non-hydrogen) atoms. The number of carboxylic acids is 1. The maximum atomic E-state index is 15.0. The Morgan fingerprint density at radius 2 is 1.88 bits per heavy atom. The van der Waals surface area contributed by atoms with Gasteiger partial charge < -0.3 is 24.8 Å². The SMILES string of the molecule is CCOc1ccccc1O[C@@H]1CCCN(c2nc(Nc3cccc(-c4cccc(CC(C)(C)C(=O)O)c4)n3)ncc2F)C1. The first-order chi connectivity index (χ1) is 20.7. The number of hydrogen-bond donors (Lipinski definition) is 2. The molecular formula is C33H36FN5O4. The van der Waals surface area contributed by atoms with E-state index in [1.54, 1.807) is 19.9 Å². The van der Waals surface area contributed by atoms with Crippen molar-refractivity contribution in [2.45, 2.75) is 46.1 Å². The minimum atomic E-state index is -0.887. The molecule has 9 nitrogen and oxygen atoms in total. The third kappa shape index (κ3) is 7.38. The molecule has 2 N–H and O–H groups in total. The van der Waals surface area contributed by atoms with E-state index in [0.29, 0.717) is 49.1 Å². The van der Waals surface area contributed by atoms with Crippen molar-refractivity contribution < 1.29 is 23.8 Å². The van der Waals surface area contributed by atoms with E-state index < -0.39 is 17.2 Å². The van der Waals surface area contributed by atoms with Gasteiger partial charge in [-0.25, -0.2) is 14.4 Å². The Hall–Kier alpha value is -4.73. The zero-order valence-corrected chi connectivity index (χ0v) is 24.6. The Morgan fingerprint density at radius 1 is 1.09 bits per heavy atom. The molecule has 1 aliphatic heterocycles. The summed E-state index contributed by atoms with van der Waals surface area (Å²) in [7, 11) is 0. The molecule has 2 aromatic carbocycles. The van der Waals surface area contributed by atoms with E-state index in [1.165, 1.54) is 0 Å². The van der Waals surface area contributed by atoms with Crippen LogP contribution in [0.4, 0.5) is 22.0 Å². The van der Waals surface area contributed by atoms with Crippen molar-refractivity contribution in [3.05, 3.63) is 84.3 Å². The van der Waals surface area contributed by atoms with E-state index in [2.05, 4.69) is 15.3 Å². The molecule has 0 aliphatic carbocycles. The molecule has 4 aromatic rings. The molecule has 0 amide bonds. The van der Waals surface area contributed by atoms with Crippen molar-refractivity contribution in [1.29, 1.82) is 0 Å². The third-order valence-corrected chi connectivity index (χ3v) is 7.28. The molecule has 10 heteroatoms. The smallest absolute Gasteiger partial charge is 0.309 e. The predicted octanol–water partition coefficient (Wildman–Crippen LogP) is 6.52. The third-order valence-electron chi connectivity index (χ3n) is 7.28. The van der Waals surface area contributed by atoms with Gasteiger partial charge in [0.25, 0.3) is 0 Å². The number of nitrogens with zero attached hydrogens (tertiary/aromatic N) is 4. The van der Waals surface area contributed by atoms with Crippen molar-refractivity contribution in [3.63, 3.8) is 0 Å². The summed E-state index contributed by atoms with van der Waals surface area (Å²) in [5, 5.41) is 12.6. The van der Waals surface area contributed by atoms with Crippen LogP contribution in [-0.2, 0) is 11.2 Å². The van der Waals surface area contributed by atoms with Gasteiger partial charge in [0.15, 0.2) is 23.1 Å². The molecule has 1 atom stereocenters. The molecule has 1 saturated heterocycles. The largest absolute Gasteiger partial charge is 0.490 e. The molecule has 0 spiro atoms. The minimum absolute atomic E-state index is 0.156. The standard InChI is InChI=1S/C33H36FN5O4/c1-4-42-27-14-5-6-15-28(27)43-24-12-9-17-39(21-24)30-25(34)20-35-32(38-30)37-29-16-8-13-26(36-29)23-11-7-10-22(18-23)19-33(2,3)31(40)41/h5-8,10-11,13-16,18,20,24H,4,9,12,17,19,21H2,1-3H3,(H,40,41)(H,35,36,37,38)/t24-/m1/s1. The van der Waals surface area contributed by atoms with Gasteiger partial charge in [0.2, 0.25) is 5.95 Å². The average molecular weight is 586 g/mol. The zero-order valence-electron chi connectivity index (χ0n) is 24.6. The van der Waals surface area contributed by atoms with Crippen LogP contribution in [0.15, 0.2) is 72.9 Å². The summed E-state index contributed by atoms with van der Waals surface area (Å²) in [5.74, 6) is 0.926. The second kappa shape index (κ2) is 13.1. The van der Waals surface area contributed by atoms with Gasteiger partial charge in [-0.15, -0.1) is 0 Å². The van der Waals surface area contributed by atoms with Gasteiger partial charge in [-0.05, 0) is 75.9 Å². The van der Waals surface area contributed by atoms with E-state index >= 15 is 0 Å². The van der Waals surface area contributed by atoms with Crippen molar-refractivity contribution in [3.8, 4) is 22.8 Å². The van der Waals surface area contributed by atoms with Crippen molar-refractivity contribution >= 4 is 23.6 Å². The summed E-state index contributed by atoms with van der Waals surface area (Å²) in [5.41, 5.74) is 1.57. The van der Waals surface area contributed by atoms with Crippen LogP contribution in [0.2, 0.25) is 0 Å². The number of pyridine rings is 1. The van der Waals surface area contributed by atoms with E-state index in [1.807, 2.05) is 72.5 Å². The van der Waals surface area contributed by atoms with Crippen LogP contribution in [-0.4, -0.2) is 51.8 Å². The highest BCUT2D eigenvalue weighted by Crippen LogP contribution is 2.31. The average Bonchev–Trinajstić information content (AvgIpc) is 2.99. The van der Waals surface area contributed by atoms with E-state index in [0.717, 1.165) is 30.2 Å². The number of piperidine rings is 1. The molecular weight excluding hydrogens is 549 g/mol. The van der Waals surface area contributed by atoms with Gasteiger partial charge in [-0.1, -0.05) is 36.4 Å². The molecule has 0 bridgehead atoms. The number of para-hydroxylation sites is 2. The molecule has 3 heterocycles. The Balaban J connectivity index is 1.30. The number of nitrogens with one attached hydrogen (secondary N) is 1. The second-order valence-electron chi connectivity index (χ2n) is 11.2. The number of rotatable bonds is 11. The molecule has 1 fully saturated rings. The van der Waals surface area contributed by atoms with Crippen LogP contribution in [0.3, 0.4) is 0 Å². The fourth-order valence-corrected chi connectivity index (χ4v) is 5.07. The fourth-order valence-electron chi connectivity index (χ4n) is 5.07. The summed E-state index contributed by atoms with van der Waals surface area (Å²) in [6, 6.07) is 20.8. The molecule has 2 aromatic heterocycles. The van der Waals surface area contributed by atoms with Crippen LogP contribution in [0.25, 0.3) is 11.3 Å². The monoisotopic (exact) mass is 585 g/mol. The molecule has 1 aliphatic rings. The number of halogens is 1. The number of ether oxygens (including phenoxy) is 2. The number of benzene rings is 2. The highest BCUT2D eigenvalue weighted by Gasteiger charge is 2.28. The maximum absolute atomic E-state index is 15.0. The first-order valence-corrected chi connectivity index (χ1v) is 14.4. The molecule has 0 unspecified atom stereocenters. The van der Waals surface area contributed by atoms with Crippen LogP contribution in [0, 0.1) is 11.2 Å². The maximum Gasteiger partial charge on any atom is 0.309 e. The Morgan fingerprint density at radius 3 is 2.67 bits per heavy atom. The van der Waals surface area contributed by atoms with Crippen molar-refractivity contribution in [1.82, 2.24) is 15.0 Å². The van der Waals surface area contributed by atoms with Crippen LogP contribution in [0.1, 0.15) is 39.2 Å².